The number of hydrogen-bond donors (Lipinski definition) is 2. The average Bonchev–Trinajstić information content (AvgIpc) is 2.81. The Morgan fingerprint density at radius 1 is 1.55 bits per heavy atom. The first kappa shape index (κ1) is 14.0. The van der Waals surface area contributed by atoms with Crippen molar-refractivity contribution in [1.82, 2.24) is 15.5 Å². The predicted octanol–water partition coefficient (Wildman–Crippen LogP) is 2.21. The minimum Gasteiger partial charge on any atom is -0.348 e. The molecule has 0 aliphatic heterocycles. The second kappa shape index (κ2) is 5.70. The first-order valence-corrected chi connectivity index (χ1v) is 6.08. The standard InChI is InChI=1S/C12H11ClN4O3/c1-7-8(6-15-16-7)5-14-12(18)10-3-2-9(17(19)20)4-11(10)13/h2-4,6H,5H2,1H3,(H,14,18)(H,15,16). The number of aryl methyl sites for hydroxylation is 1. The lowest BCUT2D eigenvalue weighted by Crippen LogP contribution is -2.23. The van der Waals surface area contributed by atoms with E-state index in [0.29, 0.717) is 6.54 Å². The molecule has 0 spiro atoms. The van der Waals surface area contributed by atoms with Crippen LogP contribution in [0.1, 0.15) is 21.6 Å². The van der Waals surface area contributed by atoms with E-state index < -0.39 is 10.8 Å². The molecule has 0 fully saturated rings. The van der Waals surface area contributed by atoms with E-state index in [-0.39, 0.29) is 16.3 Å². The summed E-state index contributed by atoms with van der Waals surface area (Å²) in [7, 11) is 0. The van der Waals surface area contributed by atoms with Gasteiger partial charge in [-0.15, -0.1) is 0 Å². The molecule has 2 aromatic rings. The molecule has 0 saturated carbocycles. The summed E-state index contributed by atoms with van der Waals surface area (Å²) < 4.78 is 0. The fourth-order valence-corrected chi connectivity index (χ4v) is 1.89. The molecule has 1 aromatic carbocycles. The zero-order chi connectivity index (χ0) is 14.7. The van der Waals surface area contributed by atoms with Crippen LogP contribution in [0.4, 0.5) is 5.69 Å². The molecular formula is C12H11ClN4O3. The van der Waals surface area contributed by atoms with Crippen molar-refractivity contribution in [3.05, 3.63) is 56.4 Å². The number of carbonyl (C=O) groups excluding carboxylic acids is 1. The van der Waals surface area contributed by atoms with Crippen molar-refractivity contribution in [3.8, 4) is 0 Å². The molecule has 0 bridgehead atoms. The third kappa shape index (κ3) is 2.94. The van der Waals surface area contributed by atoms with Crippen LogP contribution in [0.15, 0.2) is 24.4 Å². The molecule has 2 rings (SSSR count). The van der Waals surface area contributed by atoms with E-state index in [4.69, 9.17) is 11.6 Å². The van der Waals surface area contributed by atoms with Gasteiger partial charge in [-0.3, -0.25) is 20.0 Å². The van der Waals surface area contributed by atoms with Crippen molar-refractivity contribution in [3.63, 3.8) is 0 Å². The van der Waals surface area contributed by atoms with Crippen LogP contribution in [0, 0.1) is 17.0 Å². The van der Waals surface area contributed by atoms with Gasteiger partial charge in [-0.1, -0.05) is 11.6 Å². The number of non-ortho nitro benzene ring substituents is 1. The molecule has 1 amide bonds. The fourth-order valence-electron chi connectivity index (χ4n) is 1.63. The van der Waals surface area contributed by atoms with Crippen LogP contribution in [0.25, 0.3) is 0 Å². The summed E-state index contributed by atoms with van der Waals surface area (Å²) in [4.78, 5) is 22.0. The van der Waals surface area contributed by atoms with Crippen molar-refractivity contribution >= 4 is 23.2 Å². The third-order valence-electron chi connectivity index (χ3n) is 2.78. The number of halogens is 1. The van der Waals surface area contributed by atoms with E-state index in [9.17, 15) is 14.9 Å². The van der Waals surface area contributed by atoms with Crippen LogP contribution in [0.5, 0.6) is 0 Å². The molecule has 0 radical (unpaired) electrons. The van der Waals surface area contributed by atoms with E-state index in [2.05, 4.69) is 15.5 Å². The number of amides is 1. The van der Waals surface area contributed by atoms with Crippen LogP contribution in [0.2, 0.25) is 5.02 Å². The number of aromatic amines is 1. The molecule has 20 heavy (non-hydrogen) atoms. The molecular weight excluding hydrogens is 284 g/mol. The molecule has 1 aromatic heterocycles. The maximum atomic E-state index is 12.0. The fraction of sp³-hybridized carbons (Fsp3) is 0.167. The van der Waals surface area contributed by atoms with Gasteiger partial charge in [-0.25, -0.2) is 0 Å². The van der Waals surface area contributed by atoms with E-state index in [0.717, 1.165) is 17.3 Å². The number of hydrogen-bond acceptors (Lipinski definition) is 4. The van der Waals surface area contributed by atoms with Crippen molar-refractivity contribution < 1.29 is 9.72 Å². The monoisotopic (exact) mass is 294 g/mol. The molecule has 1 heterocycles. The van der Waals surface area contributed by atoms with Gasteiger partial charge in [0.15, 0.2) is 0 Å². The molecule has 0 atom stereocenters. The van der Waals surface area contributed by atoms with E-state index in [1.165, 1.54) is 12.1 Å². The topological polar surface area (TPSA) is 101 Å². The molecule has 2 N–H and O–H groups in total. The first-order chi connectivity index (χ1) is 9.49. The molecule has 7 nitrogen and oxygen atoms in total. The quantitative estimate of drug-likeness (QED) is 0.666. The van der Waals surface area contributed by atoms with Gasteiger partial charge in [-0.05, 0) is 13.0 Å². The summed E-state index contributed by atoms with van der Waals surface area (Å²) >= 11 is 5.88. The van der Waals surface area contributed by atoms with Gasteiger partial charge < -0.3 is 5.32 Å². The molecule has 0 aliphatic rings. The Hall–Kier alpha value is -2.41. The SMILES string of the molecule is Cc1[nH]ncc1CNC(=O)c1ccc([N+](=O)[O-])cc1Cl. The second-order valence-corrected chi connectivity index (χ2v) is 4.53. The largest absolute Gasteiger partial charge is 0.348 e. The van der Waals surface area contributed by atoms with E-state index in [1.54, 1.807) is 6.20 Å². The summed E-state index contributed by atoms with van der Waals surface area (Å²) in [6.45, 7) is 2.14. The highest BCUT2D eigenvalue weighted by Gasteiger charge is 2.15. The van der Waals surface area contributed by atoms with Gasteiger partial charge in [-0.2, -0.15) is 5.10 Å². The molecule has 0 aliphatic carbocycles. The lowest BCUT2D eigenvalue weighted by Gasteiger charge is -2.06. The van der Waals surface area contributed by atoms with Gasteiger partial charge in [0, 0.05) is 29.9 Å². The zero-order valence-corrected chi connectivity index (χ0v) is 11.3. The van der Waals surface area contributed by atoms with Crippen LogP contribution < -0.4 is 5.32 Å². The van der Waals surface area contributed by atoms with Crippen molar-refractivity contribution in [1.29, 1.82) is 0 Å². The predicted molar refractivity (Wildman–Crippen MR) is 72.6 cm³/mol. The number of carbonyl (C=O) groups is 1. The smallest absolute Gasteiger partial charge is 0.270 e. The number of nitrogens with zero attached hydrogens (tertiary/aromatic N) is 2. The number of aromatic nitrogens is 2. The summed E-state index contributed by atoms with van der Waals surface area (Å²) in [6.07, 6.45) is 1.62. The maximum absolute atomic E-state index is 12.0. The van der Waals surface area contributed by atoms with Gasteiger partial charge in [0.05, 0.1) is 21.7 Å². The Labute approximate surface area is 119 Å². The second-order valence-electron chi connectivity index (χ2n) is 4.12. The van der Waals surface area contributed by atoms with E-state index in [1.807, 2.05) is 6.92 Å². The Morgan fingerprint density at radius 3 is 2.85 bits per heavy atom. The Kier molecular flexibility index (Phi) is 3.99. The number of rotatable bonds is 4. The number of nitrogens with one attached hydrogen (secondary N) is 2. The number of benzene rings is 1. The Morgan fingerprint density at radius 2 is 2.30 bits per heavy atom. The zero-order valence-electron chi connectivity index (χ0n) is 10.5. The highest BCUT2D eigenvalue weighted by Crippen LogP contribution is 2.22. The van der Waals surface area contributed by atoms with Crippen LogP contribution in [0.3, 0.4) is 0 Å². The maximum Gasteiger partial charge on any atom is 0.270 e. The van der Waals surface area contributed by atoms with Gasteiger partial charge in [0.2, 0.25) is 0 Å². The highest BCUT2D eigenvalue weighted by atomic mass is 35.5. The highest BCUT2D eigenvalue weighted by molar-refractivity contribution is 6.34. The Balaban J connectivity index is 2.10. The lowest BCUT2D eigenvalue weighted by molar-refractivity contribution is -0.384. The van der Waals surface area contributed by atoms with Gasteiger partial charge in [0.1, 0.15) is 0 Å². The molecule has 0 saturated heterocycles. The van der Waals surface area contributed by atoms with Crippen molar-refractivity contribution in [2.45, 2.75) is 13.5 Å². The van der Waals surface area contributed by atoms with Crippen molar-refractivity contribution in [2.24, 2.45) is 0 Å². The number of nitro groups is 1. The number of H-pyrrole nitrogens is 1. The lowest BCUT2D eigenvalue weighted by atomic mass is 10.2. The van der Waals surface area contributed by atoms with Crippen molar-refractivity contribution in [2.75, 3.05) is 0 Å². The minimum absolute atomic E-state index is 0.0422. The van der Waals surface area contributed by atoms with Crippen LogP contribution in [-0.2, 0) is 6.54 Å². The first-order valence-electron chi connectivity index (χ1n) is 5.70. The van der Waals surface area contributed by atoms with Crippen LogP contribution >= 0.6 is 11.6 Å². The van der Waals surface area contributed by atoms with Crippen LogP contribution in [-0.4, -0.2) is 21.0 Å². The Bertz CT molecular complexity index is 668. The van der Waals surface area contributed by atoms with Gasteiger partial charge >= 0.3 is 0 Å². The third-order valence-corrected chi connectivity index (χ3v) is 3.09. The summed E-state index contributed by atoms with van der Waals surface area (Å²) in [5, 5.41) is 19.9. The molecule has 104 valence electrons. The summed E-state index contributed by atoms with van der Waals surface area (Å²) in [6, 6.07) is 3.72. The minimum atomic E-state index is -0.567. The average molecular weight is 295 g/mol. The summed E-state index contributed by atoms with van der Waals surface area (Å²) in [5.41, 5.74) is 1.76. The van der Waals surface area contributed by atoms with Gasteiger partial charge in [0.25, 0.3) is 11.6 Å². The number of nitro benzene ring substituents is 1. The summed E-state index contributed by atoms with van der Waals surface area (Å²) in [5.74, 6) is -0.398. The normalized spacial score (nSPS) is 10.3. The molecule has 8 heteroatoms. The van der Waals surface area contributed by atoms with E-state index >= 15 is 0 Å². The molecule has 0 unspecified atom stereocenters.